The molecular formula is C33H45N5O2S. The summed E-state index contributed by atoms with van der Waals surface area (Å²) in [7, 11) is 3.81. The lowest BCUT2D eigenvalue weighted by molar-refractivity contribution is -0.123. The van der Waals surface area contributed by atoms with Gasteiger partial charge in [-0.25, -0.2) is 4.98 Å². The average Bonchev–Trinajstić information content (AvgIpc) is 3.58. The van der Waals surface area contributed by atoms with Crippen LogP contribution in [0.25, 0.3) is 11.0 Å². The van der Waals surface area contributed by atoms with Crippen LogP contribution in [0.2, 0.25) is 0 Å². The Bertz CT molecular complexity index is 1380. The summed E-state index contributed by atoms with van der Waals surface area (Å²) in [6.07, 6.45) is 6.86. The van der Waals surface area contributed by atoms with Gasteiger partial charge in [-0.3, -0.25) is 9.59 Å². The molecular weight excluding hydrogens is 530 g/mol. The number of imidazole rings is 1. The van der Waals surface area contributed by atoms with Crippen molar-refractivity contribution in [3.8, 4) is 0 Å². The maximum atomic E-state index is 13.4. The number of carbonyl (C=O) groups is 2. The van der Waals surface area contributed by atoms with Crippen molar-refractivity contribution in [1.29, 1.82) is 0 Å². The molecule has 0 aliphatic carbocycles. The maximum Gasteiger partial charge on any atom is 0.252 e. The fraction of sp³-hybridized carbons (Fsp3) is 0.424. The molecule has 2 amide bonds. The second-order valence-corrected chi connectivity index (χ2v) is 12.0. The molecule has 0 bridgehead atoms. The third kappa shape index (κ3) is 8.43. The summed E-state index contributed by atoms with van der Waals surface area (Å²) in [4.78, 5) is 34.8. The minimum atomic E-state index is -0.669. The number of nitrogens with zero attached hydrogens (tertiary/aromatic N) is 3. The van der Waals surface area contributed by atoms with Gasteiger partial charge >= 0.3 is 0 Å². The van der Waals surface area contributed by atoms with Gasteiger partial charge in [0.1, 0.15) is 11.9 Å². The molecule has 7 nitrogen and oxygen atoms in total. The number of fused-ring (bicyclic) bond motifs is 1. The molecule has 0 saturated heterocycles. The molecule has 3 aromatic rings. The van der Waals surface area contributed by atoms with Crippen molar-refractivity contribution in [2.45, 2.75) is 65.5 Å². The third-order valence-corrected chi connectivity index (χ3v) is 8.11. The summed E-state index contributed by atoms with van der Waals surface area (Å²) in [6.45, 7) is 16.6. The highest BCUT2D eigenvalue weighted by atomic mass is 32.1. The van der Waals surface area contributed by atoms with E-state index in [-0.39, 0.29) is 17.7 Å². The molecule has 0 aliphatic heterocycles. The minimum absolute atomic E-state index is 0.215. The normalized spacial score (nSPS) is 12.5. The Hall–Kier alpha value is -3.65. The fourth-order valence-corrected chi connectivity index (χ4v) is 5.53. The number of aromatic nitrogens is 2. The molecule has 0 radical (unpaired) electrons. The Morgan fingerprint density at radius 3 is 2.49 bits per heavy atom. The van der Waals surface area contributed by atoms with E-state index in [1.165, 1.54) is 4.88 Å². The van der Waals surface area contributed by atoms with Gasteiger partial charge in [0.2, 0.25) is 5.91 Å². The lowest BCUT2D eigenvalue weighted by Crippen LogP contribution is -2.47. The zero-order chi connectivity index (χ0) is 30.1. The minimum Gasteiger partial charge on any atom is -0.378 e. The van der Waals surface area contributed by atoms with E-state index in [2.05, 4.69) is 59.7 Å². The van der Waals surface area contributed by atoms with Crippen LogP contribution in [0.3, 0.4) is 0 Å². The van der Waals surface area contributed by atoms with Gasteiger partial charge in [-0.15, -0.1) is 11.3 Å². The summed E-state index contributed by atoms with van der Waals surface area (Å²) in [5, 5.41) is 8.02. The van der Waals surface area contributed by atoms with Gasteiger partial charge in [0.25, 0.3) is 5.91 Å². The highest BCUT2D eigenvalue weighted by Gasteiger charge is 2.24. The van der Waals surface area contributed by atoms with Gasteiger partial charge in [0, 0.05) is 49.2 Å². The Balaban J connectivity index is 1.83. The molecule has 2 N–H and O–H groups in total. The van der Waals surface area contributed by atoms with Crippen LogP contribution in [0.5, 0.6) is 0 Å². The molecule has 2 aromatic heterocycles. The summed E-state index contributed by atoms with van der Waals surface area (Å²) >= 11 is 1.73. The van der Waals surface area contributed by atoms with E-state index in [1.807, 2.05) is 57.1 Å². The molecule has 0 unspecified atom stereocenters. The first kappa shape index (κ1) is 31.9. The summed E-state index contributed by atoms with van der Waals surface area (Å²) in [6, 6.07) is 9.53. The molecule has 41 heavy (non-hydrogen) atoms. The van der Waals surface area contributed by atoms with Gasteiger partial charge in [-0.1, -0.05) is 53.0 Å². The van der Waals surface area contributed by atoms with Crippen LogP contribution >= 0.6 is 11.3 Å². The Morgan fingerprint density at radius 1 is 1.17 bits per heavy atom. The van der Waals surface area contributed by atoms with E-state index in [4.69, 9.17) is 4.98 Å². The Kier molecular flexibility index (Phi) is 11.5. The molecule has 2 heterocycles. The van der Waals surface area contributed by atoms with Crippen molar-refractivity contribution in [2.75, 3.05) is 20.6 Å². The first-order chi connectivity index (χ1) is 19.6. The number of benzene rings is 1. The van der Waals surface area contributed by atoms with Crippen LogP contribution in [-0.4, -0.2) is 52.9 Å². The zero-order valence-electron chi connectivity index (χ0n) is 25.4. The lowest BCUT2D eigenvalue weighted by Gasteiger charge is -2.21. The van der Waals surface area contributed by atoms with Gasteiger partial charge in [0.05, 0.1) is 11.0 Å². The molecule has 0 saturated carbocycles. The predicted molar refractivity (Wildman–Crippen MR) is 171 cm³/mol. The molecule has 0 spiro atoms. The molecule has 1 atom stereocenters. The third-order valence-electron chi connectivity index (χ3n) is 7.23. The molecule has 0 aliphatic rings. The molecule has 0 fully saturated rings. The van der Waals surface area contributed by atoms with Crippen LogP contribution in [-0.2, 0) is 11.2 Å². The number of thiophene rings is 1. The number of amides is 2. The number of allylic oxidation sites excluding steroid dienone is 1. The highest BCUT2D eigenvalue weighted by Crippen LogP contribution is 2.28. The quantitative estimate of drug-likeness (QED) is 0.203. The van der Waals surface area contributed by atoms with E-state index in [9.17, 15) is 9.59 Å². The summed E-state index contributed by atoms with van der Waals surface area (Å²) in [5.41, 5.74) is 3.96. The molecule has 220 valence electrons. The molecule has 1 aromatic carbocycles. The van der Waals surface area contributed by atoms with Gasteiger partial charge in [-0.05, 0) is 66.5 Å². The van der Waals surface area contributed by atoms with Gasteiger partial charge < -0.3 is 20.1 Å². The number of nitrogens with one attached hydrogen (secondary N) is 2. The summed E-state index contributed by atoms with van der Waals surface area (Å²) in [5.74, 6) is 0.707. The fourth-order valence-electron chi connectivity index (χ4n) is 4.83. The number of likely N-dealkylation sites (N-methyl/N-ethyl adjacent to an activating group) is 1. The maximum absolute atomic E-state index is 13.4. The highest BCUT2D eigenvalue weighted by molar-refractivity contribution is 7.09. The largest absolute Gasteiger partial charge is 0.378 e. The average molecular weight is 576 g/mol. The second kappa shape index (κ2) is 14.8. The Morgan fingerprint density at radius 2 is 1.90 bits per heavy atom. The van der Waals surface area contributed by atoms with Crippen molar-refractivity contribution in [2.24, 2.45) is 5.92 Å². The number of carbonyl (C=O) groups excluding carboxylic acids is 2. The SMILES string of the molecule is C=C/C(=C\C(=C)N(C)C)CNC(=O)[C@H](CC(C)C)NC(=O)c1ccc2c(c1)nc(Cc1cccs1)n2C(CC)CC. The number of hydrogen-bond acceptors (Lipinski definition) is 5. The first-order valence-corrected chi connectivity index (χ1v) is 15.3. The van der Waals surface area contributed by atoms with E-state index < -0.39 is 6.04 Å². The number of hydrogen-bond donors (Lipinski definition) is 2. The molecule has 3 rings (SSSR count). The van der Waals surface area contributed by atoms with Crippen molar-refractivity contribution in [3.63, 3.8) is 0 Å². The second-order valence-electron chi connectivity index (χ2n) is 11.0. The predicted octanol–water partition coefficient (Wildman–Crippen LogP) is 6.50. The number of rotatable bonds is 15. The summed E-state index contributed by atoms with van der Waals surface area (Å²) < 4.78 is 2.33. The molecule has 8 heteroatoms. The topological polar surface area (TPSA) is 79.3 Å². The standard InChI is InChI=1S/C33H45N5O2S/c1-9-24(18-23(6)37(7)8)21-34-33(40)29(17-22(4)5)36-32(39)25-14-15-30-28(19-25)35-31(20-27-13-12-16-41-27)38(30)26(10-2)11-3/h9,12-16,18-19,22,26,29H,1,6,10-11,17,20-21H2,2-5,7-8H3,(H,34,40)(H,36,39)/b24-18+/t29-/m0/s1. The lowest BCUT2D eigenvalue weighted by atomic mass is 10.0. The van der Waals surface area contributed by atoms with E-state index in [0.29, 0.717) is 24.6 Å². The van der Waals surface area contributed by atoms with E-state index in [0.717, 1.165) is 47.4 Å². The van der Waals surface area contributed by atoms with Crippen molar-refractivity contribution in [3.05, 3.63) is 88.6 Å². The van der Waals surface area contributed by atoms with Crippen molar-refractivity contribution in [1.82, 2.24) is 25.1 Å². The Labute approximate surface area is 249 Å². The van der Waals surface area contributed by atoms with Crippen molar-refractivity contribution >= 4 is 34.2 Å². The van der Waals surface area contributed by atoms with Crippen LogP contribution in [0.4, 0.5) is 0 Å². The van der Waals surface area contributed by atoms with E-state index >= 15 is 0 Å². The van der Waals surface area contributed by atoms with E-state index in [1.54, 1.807) is 17.4 Å². The first-order valence-electron chi connectivity index (χ1n) is 14.4. The zero-order valence-corrected chi connectivity index (χ0v) is 26.2. The van der Waals surface area contributed by atoms with Gasteiger partial charge in [-0.2, -0.15) is 0 Å². The van der Waals surface area contributed by atoms with Crippen LogP contribution in [0.15, 0.2) is 72.3 Å². The smallest absolute Gasteiger partial charge is 0.252 e. The van der Waals surface area contributed by atoms with Crippen molar-refractivity contribution < 1.29 is 9.59 Å². The van der Waals surface area contributed by atoms with Crippen LogP contribution < -0.4 is 10.6 Å². The van der Waals surface area contributed by atoms with Crippen LogP contribution in [0, 0.1) is 5.92 Å². The van der Waals surface area contributed by atoms with Crippen LogP contribution in [0.1, 0.15) is 74.1 Å². The van der Waals surface area contributed by atoms with Gasteiger partial charge in [0.15, 0.2) is 0 Å². The monoisotopic (exact) mass is 575 g/mol.